The normalized spacial score (nSPS) is 10.5. The number of rotatable bonds is 0. The van der Waals surface area contributed by atoms with Crippen molar-refractivity contribution in [3.05, 3.63) is 83.8 Å². The van der Waals surface area contributed by atoms with Crippen molar-refractivity contribution < 1.29 is 28.6 Å². The topological polar surface area (TPSA) is 151 Å². The quantitative estimate of drug-likeness (QED) is 0.268. The Kier molecular flexibility index (Phi) is 6.31. The monoisotopic (exact) mass is 504 g/mol. The van der Waals surface area contributed by atoms with Crippen LogP contribution in [0.1, 0.15) is 0 Å². The first kappa shape index (κ1) is 22.3. The summed E-state index contributed by atoms with van der Waals surface area (Å²) in [6.07, 6.45) is 0. The SMILES string of the molecule is O=c1oc2cc(O)ccc2s1.O=c1oc2cc(O)ccc2s1.O=c1oc2cc(O)ccc2s1. The Morgan fingerprint density at radius 3 is 1.03 bits per heavy atom. The molecule has 0 radical (unpaired) electrons. The minimum atomic E-state index is -0.342. The summed E-state index contributed by atoms with van der Waals surface area (Å²) in [6.45, 7) is 0. The van der Waals surface area contributed by atoms with Gasteiger partial charge in [-0.05, 0) is 36.4 Å². The molecule has 3 aromatic carbocycles. The van der Waals surface area contributed by atoms with Gasteiger partial charge in [0.1, 0.15) is 17.2 Å². The maximum Gasteiger partial charge on any atom is 0.396 e. The summed E-state index contributed by atoms with van der Waals surface area (Å²) in [4.78, 5) is 31.0. The highest BCUT2D eigenvalue weighted by Gasteiger charge is 2.02. The third kappa shape index (κ3) is 5.49. The lowest BCUT2D eigenvalue weighted by Crippen LogP contribution is -1.79. The zero-order valence-corrected chi connectivity index (χ0v) is 18.7. The number of phenolic OH excluding ortho intramolecular Hbond substituents is 3. The van der Waals surface area contributed by atoms with Gasteiger partial charge in [0.2, 0.25) is 0 Å². The fourth-order valence-electron chi connectivity index (χ4n) is 2.58. The standard InChI is InChI=1S/3C7H4O3S/c3*8-4-1-2-6-5(3-4)10-7(9)11-6/h3*1-3,8H. The van der Waals surface area contributed by atoms with E-state index in [1.165, 1.54) is 36.4 Å². The molecule has 0 saturated carbocycles. The first-order valence-corrected chi connectivity index (χ1v) is 11.4. The second-order valence-electron chi connectivity index (χ2n) is 6.26. The van der Waals surface area contributed by atoms with E-state index in [2.05, 4.69) is 0 Å². The lowest BCUT2D eigenvalue weighted by atomic mass is 10.3. The fourth-order valence-corrected chi connectivity index (χ4v) is 4.53. The third-order valence-corrected chi connectivity index (χ3v) is 6.36. The summed E-state index contributed by atoms with van der Waals surface area (Å²) in [6, 6.07) is 13.8. The molecule has 0 aliphatic rings. The van der Waals surface area contributed by atoms with Crippen LogP contribution >= 0.6 is 34.0 Å². The van der Waals surface area contributed by atoms with Gasteiger partial charge in [-0.3, -0.25) is 0 Å². The molecule has 0 spiro atoms. The number of hydrogen-bond donors (Lipinski definition) is 3. The van der Waals surface area contributed by atoms with Crippen molar-refractivity contribution >= 4 is 64.9 Å². The van der Waals surface area contributed by atoms with Crippen LogP contribution in [0.15, 0.2) is 82.2 Å². The first-order chi connectivity index (χ1) is 15.8. The van der Waals surface area contributed by atoms with Gasteiger partial charge in [0.25, 0.3) is 0 Å². The summed E-state index contributed by atoms with van der Waals surface area (Å²) in [5.74, 6) is 0.331. The van der Waals surface area contributed by atoms with Crippen LogP contribution < -0.4 is 14.8 Å². The van der Waals surface area contributed by atoms with E-state index in [0.29, 0.717) is 16.7 Å². The fraction of sp³-hybridized carbons (Fsp3) is 0. The maximum atomic E-state index is 10.7. The average Bonchev–Trinajstić information content (AvgIpc) is 3.41. The molecule has 12 heteroatoms. The van der Waals surface area contributed by atoms with Crippen molar-refractivity contribution in [2.75, 3.05) is 0 Å². The Labute approximate surface area is 194 Å². The highest BCUT2D eigenvalue weighted by Crippen LogP contribution is 2.22. The van der Waals surface area contributed by atoms with Gasteiger partial charge in [0.15, 0.2) is 16.7 Å². The van der Waals surface area contributed by atoms with Crippen molar-refractivity contribution in [3.63, 3.8) is 0 Å². The van der Waals surface area contributed by atoms with E-state index in [0.717, 1.165) is 48.1 Å². The summed E-state index contributed by atoms with van der Waals surface area (Å²) in [5, 5.41) is 26.9. The van der Waals surface area contributed by atoms with Crippen LogP contribution in [0.2, 0.25) is 0 Å². The van der Waals surface area contributed by atoms with E-state index in [-0.39, 0.29) is 32.1 Å². The second-order valence-corrected chi connectivity index (χ2v) is 9.19. The van der Waals surface area contributed by atoms with E-state index in [1.54, 1.807) is 18.2 Å². The molecule has 0 amide bonds. The van der Waals surface area contributed by atoms with Crippen LogP contribution in [-0.4, -0.2) is 15.3 Å². The van der Waals surface area contributed by atoms with E-state index in [9.17, 15) is 14.4 Å². The van der Waals surface area contributed by atoms with Crippen LogP contribution in [0.25, 0.3) is 30.8 Å². The van der Waals surface area contributed by atoms with Gasteiger partial charge in [-0.25, -0.2) is 14.4 Å². The van der Waals surface area contributed by atoms with Crippen LogP contribution in [-0.2, 0) is 0 Å². The van der Waals surface area contributed by atoms with Crippen molar-refractivity contribution in [3.8, 4) is 17.2 Å². The van der Waals surface area contributed by atoms with Crippen molar-refractivity contribution in [1.29, 1.82) is 0 Å². The zero-order chi connectivity index (χ0) is 23.5. The Balaban J connectivity index is 0.000000118. The lowest BCUT2D eigenvalue weighted by molar-refractivity contribution is 0.473. The van der Waals surface area contributed by atoms with Crippen molar-refractivity contribution in [1.82, 2.24) is 0 Å². The summed E-state index contributed by atoms with van der Waals surface area (Å²) in [5.41, 5.74) is 1.33. The lowest BCUT2D eigenvalue weighted by Gasteiger charge is -1.87. The smallest absolute Gasteiger partial charge is 0.396 e. The molecule has 6 aromatic rings. The molecule has 0 saturated heterocycles. The molecule has 0 aliphatic carbocycles. The molecular weight excluding hydrogens is 492 g/mol. The predicted octanol–water partition coefficient (Wildman–Crippen LogP) is 4.68. The van der Waals surface area contributed by atoms with E-state index in [1.807, 2.05) is 0 Å². The molecule has 0 atom stereocenters. The summed E-state index contributed by atoms with van der Waals surface area (Å²) >= 11 is 3.08. The molecule has 0 unspecified atom stereocenters. The van der Waals surface area contributed by atoms with Crippen LogP contribution in [0.3, 0.4) is 0 Å². The third-order valence-electron chi connectivity index (χ3n) is 3.94. The number of hydrogen-bond acceptors (Lipinski definition) is 12. The van der Waals surface area contributed by atoms with Gasteiger partial charge in [-0.2, -0.15) is 0 Å². The molecule has 3 heterocycles. The Hall–Kier alpha value is -3.87. The predicted molar refractivity (Wildman–Crippen MR) is 126 cm³/mol. The van der Waals surface area contributed by atoms with Crippen molar-refractivity contribution in [2.24, 2.45) is 0 Å². The van der Waals surface area contributed by atoms with E-state index in [4.69, 9.17) is 28.6 Å². The van der Waals surface area contributed by atoms with Crippen molar-refractivity contribution in [2.45, 2.75) is 0 Å². The Bertz CT molecular complexity index is 1520. The molecule has 9 nitrogen and oxygen atoms in total. The van der Waals surface area contributed by atoms with Gasteiger partial charge in [-0.1, -0.05) is 34.0 Å². The van der Waals surface area contributed by atoms with Gasteiger partial charge in [0, 0.05) is 18.2 Å². The number of aromatic hydroxyl groups is 3. The van der Waals surface area contributed by atoms with E-state index < -0.39 is 0 Å². The second kappa shape index (κ2) is 9.32. The van der Waals surface area contributed by atoms with Gasteiger partial charge >= 0.3 is 14.8 Å². The molecule has 0 aliphatic heterocycles. The summed E-state index contributed by atoms with van der Waals surface area (Å²) in [7, 11) is 0. The first-order valence-electron chi connectivity index (χ1n) is 8.95. The molecule has 0 fully saturated rings. The minimum Gasteiger partial charge on any atom is -0.508 e. The molecule has 33 heavy (non-hydrogen) atoms. The number of benzene rings is 3. The van der Waals surface area contributed by atoms with Crippen LogP contribution in [0.4, 0.5) is 0 Å². The van der Waals surface area contributed by atoms with Crippen LogP contribution in [0.5, 0.6) is 17.2 Å². The highest BCUT2D eigenvalue weighted by atomic mass is 32.1. The molecule has 3 N–H and O–H groups in total. The summed E-state index contributed by atoms with van der Waals surface area (Å²) < 4.78 is 16.5. The average molecular weight is 505 g/mol. The number of fused-ring (bicyclic) bond motifs is 3. The van der Waals surface area contributed by atoms with E-state index >= 15 is 0 Å². The molecule has 0 bridgehead atoms. The minimum absolute atomic E-state index is 0.110. The molecule has 3 aromatic heterocycles. The Morgan fingerprint density at radius 2 is 0.758 bits per heavy atom. The van der Waals surface area contributed by atoms with Gasteiger partial charge < -0.3 is 28.6 Å². The Morgan fingerprint density at radius 1 is 0.485 bits per heavy atom. The number of phenols is 3. The van der Waals surface area contributed by atoms with Gasteiger partial charge in [-0.15, -0.1) is 0 Å². The largest absolute Gasteiger partial charge is 0.508 e. The zero-order valence-electron chi connectivity index (χ0n) is 16.2. The highest BCUT2D eigenvalue weighted by molar-refractivity contribution is 7.16. The maximum absolute atomic E-state index is 10.7. The molecule has 6 rings (SSSR count). The van der Waals surface area contributed by atoms with Crippen LogP contribution in [0, 0.1) is 0 Å². The van der Waals surface area contributed by atoms with Gasteiger partial charge in [0.05, 0.1) is 14.1 Å². The molecule has 168 valence electrons. The molecular formula is C21H12O9S3.